The number of aromatic nitrogens is 2. The van der Waals surface area contributed by atoms with Gasteiger partial charge in [-0.25, -0.2) is 0 Å². The molecule has 2 aromatic heterocycles. The minimum atomic E-state index is -4.36. The fourth-order valence-corrected chi connectivity index (χ4v) is 6.67. The Labute approximate surface area is 306 Å². The van der Waals surface area contributed by atoms with Crippen molar-refractivity contribution in [1.29, 1.82) is 5.26 Å². The van der Waals surface area contributed by atoms with Crippen LogP contribution in [-0.4, -0.2) is 76.4 Å². The smallest absolute Gasteiger partial charge is 0.306 e. The van der Waals surface area contributed by atoms with Crippen LogP contribution in [0.2, 0.25) is 0 Å². The number of hydrogen-bond donors (Lipinski definition) is 2. The molecule has 5 rings (SSSR count). The number of hydrogen-bond acceptors (Lipinski definition) is 14. The fraction of sp³-hybridized carbons (Fsp3) is 0.294. The number of pyridine rings is 2. The minimum absolute atomic E-state index is 0.0322. The molecule has 1 fully saturated rings. The van der Waals surface area contributed by atoms with E-state index in [4.69, 9.17) is 29.4 Å². The number of halogens is 1. The first-order valence-corrected chi connectivity index (χ1v) is 19.9. The summed E-state index contributed by atoms with van der Waals surface area (Å²) in [6.45, 7) is 2.42. The topological polar surface area (TPSA) is 199 Å². The third kappa shape index (κ3) is 9.59. The number of carbonyl (C=O) groups excluding carboxylic acids is 1. The second kappa shape index (κ2) is 16.0. The highest BCUT2D eigenvalue weighted by atomic mass is 35.5. The quantitative estimate of drug-likeness (QED) is 0.0738. The number of carbonyl (C=O) groups is 1. The van der Waals surface area contributed by atoms with Gasteiger partial charge in [-0.1, -0.05) is 23.7 Å². The summed E-state index contributed by atoms with van der Waals surface area (Å²) < 4.78 is 71.5. The van der Waals surface area contributed by atoms with Crippen molar-refractivity contribution in [3.05, 3.63) is 89.8 Å². The van der Waals surface area contributed by atoms with Gasteiger partial charge < -0.3 is 28.5 Å². The molecule has 274 valence electrons. The highest BCUT2D eigenvalue weighted by Crippen LogP contribution is 2.38. The Bertz CT molecular complexity index is 2270. The summed E-state index contributed by atoms with van der Waals surface area (Å²) in [5.74, 6) is -1.92. The molecule has 2 atom stereocenters. The van der Waals surface area contributed by atoms with Gasteiger partial charge in [-0.15, -0.1) is 0 Å². The maximum Gasteiger partial charge on any atom is 0.306 e. The van der Waals surface area contributed by atoms with Crippen molar-refractivity contribution < 1.29 is 39.5 Å². The summed E-state index contributed by atoms with van der Waals surface area (Å²) in [5.41, 5.74) is 1.03. The number of likely N-dealkylation sites (tertiary alicyclic amines) is 1. The van der Waals surface area contributed by atoms with Gasteiger partial charge in [-0.3, -0.25) is 19.7 Å². The molecule has 4 aromatic rings. The minimum Gasteiger partial charge on any atom is -0.492 e. The first kappa shape index (κ1) is 38.1. The Morgan fingerprint density at radius 1 is 1.08 bits per heavy atom. The molecule has 2 N–H and O–H groups in total. The molecule has 0 aliphatic carbocycles. The molecule has 1 aliphatic rings. The normalized spacial score (nSPS) is 16.0. The van der Waals surface area contributed by atoms with Crippen molar-refractivity contribution in [3.63, 3.8) is 0 Å². The summed E-state index contributed by atoms with van der Waals surface area (Å²) in [6, 6.07) is 16.5. The molecular weight excluding hydrogens is 736 g/mol. The molecule has 0 radical (unpaired) electrons. The molecule has 1 aliphatic heterocycles. The number of nitrogens with one attached hydrogen (secondary N) is 2. The number of rotatable bonds is 14. The van der Waals surface area contributed by atoms with E-state index in [-0.39, 0.29) is 23.6 Å². The molecule has 0 bridgehead atoms. The van der Waals surface area contributed by atoms with Gasteiger partial charge in [0.1, 0.15) is 17.6 Å². The van der Waals surface area contributed by atoms with E-state index in [0.29, 0.717) is 53.1 Å². The van der Waals surface area contributed by atoms with Crippen LogP contribution in [0.5, 0.6) is 11.5 Å². The van der Waals surface area contributed by atoms with Crippen LogP contribution in [0.15, 0.2) is 78.5 Å². The lowest BCUT2D eigenvalue weighted by Gasteiger charge is -2.24. The van der Waals surface area contributed by atoms with E-state index < -0.39 is 49.3 Å². The molecular formula is C34H35ClN6O9S2. The van der Waals surface area contributed by atoms with Gasteiger partial charge in [0.15, 0.2) is 5.76 Å². The number of ether oxygens (including phenoxy) is 2. The average Bonchev–Trinajstić information content (AvgIpc) is 3.52. The lowest BCUT2D eigenvalue weighted by atomic mass is 10.1. The number of nitriles is 1. The van der Waals surface area contributed by atoms with Crippen molar-refractivity contribution in [2.45, 2.75) is 31.4 Å². The molecule has 0 saturated carbocycles. The Hall–Kier alpha value is -5.15. The SMILES string of the molecule is CCOc1cc2ncc(C#N)c(Nc3cccc(OC(Cl)c4ccccn4)c3)c2cc1NC(=O)/C(OS(C)(=O)=O)=C(\OS(C)(=O)=O)[C@H]1CCCN1C. The van der Waals surface area contributed by atoms with E-state index in [1.165, 1.54) is 18.3 Å². The molecule has 3 heterocycles. The van der Waals surface area contributed by atoms with Crippen molar-refractivity contribution in [2.24, 2.45) is 0 Å². The van der Waals surface area contributed by atoms with Crippen LogP contribution in [0, 0.1) is 11.3 Å². The number of alkyl halides is 1. The summed E-state index contributed by atoms with van der Waals surface area (Å²) in [7, 11) is -6.92. The van der Waals surface area contributed by atoms with Gasteiger partial charge in [0, 0.05) is 35.6 Å². The fourth-order valence-electron chi connectivity index (χ4n) is 5.46. The highest BCUT2D eigenvalue weighted by molar-refractivity contribution is 7.86. The van der Waals surface area contributed by atoms with Gasteiger partial charge in [-0.05, 0) is 63.7 Å². The maximum atomic E-state index is 14.0. The third-order valence-electron chi connectivity index (χ3n) is 7.63. The van der Waals surface area contributed by atoms with Crippen LogP contribution >= 0.6 is 11.6 Å². The average molecular weight is 771 g/mol. The molecule has 15 nitrogen and oxygen atoms in total. The van der Waals surface area contributed by atoms with Crippen LogP contribution < -0.4 is 20.1 Å². The van der Waals surface area contributed by atoms with Gasteiger partial charge in [-0.2, -0.15) is 22.1 Å². The van der Waals surface area contributed by atoms with Gasteiger partial charge in [0.2, 0.25) is 11.3 Å². The zero-order valence-corrected chi connectivity index (χ0v) is 30.9. The van der Waals surface area contributed by atoms with E-state index >= 15 is 0 Å². The van der Waals surface area contributed by atoms with Gasteiger partial charge in [0.05, 0.1) is 53.3 Å². The molecule has 1 unspecified atom stereocenters. The highest BCUT2D eigenvalue weighted by Gasteiger charge is 2.36. The summed E-state index contributed by atoms with van der Waals surface area (Å²) in [6.07, 6.45) is 5.47. The van der Waals surface area contributed by atoms with Crippen LogP contribution in [0.1, 0.15) is 36.6 Å². The van der Waals surface area contributed by atoms with Crippen LogP contribution in [0.3, 0.4) is 0 Å². The lowest BCUT2D eigenvalue weighted by molar-refractivity contribution is -0.115. The largest absolute Gasteiger partial charge is 0.492 e. The van der Waals surface area contributed by atoms with Crippen molar-refractivity contribution in [3.8, 4) is 17.6 Å². The lowest BCUT2D eigenvalue weighted by Crippen LogP contribution is -2.33. The number of amides is 1. The van der Waals surface area contributed by atoms with Crippen molar-refractivity contribution in [2.75, 3.05) is 43.3 Å². The van der Waals surface area contributed by atoms with Crippen molar-refractivity contribution >= 4 is 65.7 Å². The summed E-state index contributed by atoms with van der Waals surface area (Å²) in [5, 5.41) is 16.3. The number of nitrogens with zero attached hydrogens (tertiary/aromatic N) is 4. The number of likely N-dealkylation sites (N-methyl/N-ethyl adjacent to an activating group) is 1. The van der Waals surface area contributed by atoms with E-state index in [1.54, 1.807) is 67.5 Å². The van der Waals surface area contributed by atoms with Crippen LogP contribution in [-0.2, 0) is 33.4 Å². The van der Waals surface area contributed by atoms with E-state index in [0.717, 1.165) is 12.5 Å². The van der Waals surface area contributed by atoms with E-state index in [9.17, 15) is 26.9 Å². The number of anilines is 3. The van der Waals surface area contributed by atoms with E-state index in [1.807, 2.05) is 0 Å². The Morgan fingerprint density at radius 2 is 1.85 bits per heavy atom. The standard InChI is InChI=1S/C34H35ClN6O9S2/c1-5-47-29-18-26-24(17-27(29)40-34(42)32(50-52(4,45)46)31(49-51(3,43)44)28-13-9-15-41(28)2)30(21(19-36)20-38-26)39-22-10-8-11-23(16-22)48-33(35)25-12-6-7-14-37-25/h6-8,10-12,14,16-18,20,28,33H,5,9,13,15H2,1-4H3,(H,38,39)(H,40,42)/b32-31+/t28-,33?/m1/s1. The molecule has 1 saturated heterocycles. The second-order valence-corrected chi connectivity index (χ2v) is 15.2. The predicted octanol–water partition coefficient (Wildman–Crippen LogP) is 5.16. The number of fused-ring (bicyclic) bond motifs is 1. The Kier molecular flexibility index (Phi) is 11.7. The predicted molar refractivity (Wildman–Crippen MR) is 194 cm³/mol. The summed E-state index contributed by atoms with van der Waals surface area (Å²) in [4.78, 5) is 24.3. The molecule has 52 heavy (non-hydrogen) atoms. The maximum absolute atomic E-state index is 14.0. The molecule has 1 amide bonds. The van der Waals surface area contributed by atoms with Crippen molar-refractivity contribution in [1.82, 2.24) is 14.9 Å². The Balaban J connectivity index is 1.58. The molecule has 2 aromatic carbocycles. The molecule has 18 heteroatoms. The van der Waals surface area contributed by atoms with Crippen LogP contribution in [0.4, 0.5) is 17.1 Å². The second-order valence-electron chi connectivity index (χ2n) is 11.7. The monoisotopic (exact) mass is 770 g/mol. The zero-order chi connectivity index (χ0) is 37.6. The Morgan fingerprint density at radius 3 is 2.48 bits per heavy atom. The zero-order valence-electron chi connectivity index (χ0n) is 28.5. The number of benzene rings is 2. The van der Waals surface area contributed by atoms with Crippen LogP contribution in [0.25, 0.3) is 10.9 Å². The first-order valence-electron chi connectivity index (χ1n) is 15.8. The first-order chi connectivity index (χ1) is 24.7. The van der Waals surface area contributed by atoms with E-state index in [2.05, 4.69) is 26.7 Å². The molecule has 0 spiro atoms. The van der Waals surface area contributed by atoms with Gasteiger partial charge >= 0.3 is 20.2 Å². The third-order valence-corrected chi connectivity index (χ3v) is 8.89. The summed E-state index contributed by atoms with van der Waals surface area (Å²) >= 11 is 6.44. The van der Waals surface area contributed by atoms with Gasteiger partial charge in [0.25, 0.3) is 5.91 Å².